The summed E-state index contributed by atoms with van der Waals surface area (Å²) in [5.74, 6) is 0. The summed E-state index contributed by atoms with van der Waals surface area (Å²) in [5.41, 5.74) is 5.59. The van der Waals surface area contributed by atoms with E-state index in [2.05, 4.69) is 4.99 Å². The van der Waals surface area contributed by atoms with Gasteiger partial charge in [0, 0.05) is 19.5 Å². The van der Waals surface area contributed by atoms with Crippen molar-refractivity contribution in [1.29, 1.82) is 0 Å². The van der Waals surface area contributed by atoms with Gasteiger partial charge >= 0.3 is 0 Å². The second-order valence-electron chi connectivity index (χ2n) is 2.10. The Labute approximate surface area is 64.5 Å². The molecule has 0 fully saturated rings. The SMILES string of the molecule is COC1C=NC=CC1(N)Cl. The van der Waals surface area contributed by atoms with Crippen LogP contribution < -0.4 is 5.73 Å². The van der Waals surface area contributed by atoms with E-state index in [4.69, 9.17) is 22.1 Å². The summed E-state index contributed by atoms with van der Waals surface area (Å²) in [6.07, 6.45) is 4.40. The van der Waals surface area contributed by atoms with Crippen molar-refractivity contribution in [2.75, 3.05) is 7.11 Å². The quantitative estimate of drug-likeness (QED) is 0.449. The maximum absolute atomic E-state index is 5.81. The van der Waals surface area contributed by atoms with Crippen LogP contribution in [0.25, 0.3) is 0 Å². The van der Waals surface area contributed by atoms with Crippen LogP contribution in [-0.2, 0) is 4.74 Å². The van der Waals surface area contributed by atoms with Gasteiger partial charge < -0.3 is 10.5 Å². The molecule has 0 aromatic heterocycles. The molecule has 0 spiro atoms. The van der Waals surface area contributed by atoms with Crippen LogP contribution in [0.2, 0.25) is 0 Å². The molecule has 1 heterocycles. The maximum Gasteiger partial charge on any atom is 0.143 e. The minimum Gasteiger partial charge on any atom is -0.372 e. The molecule has 2 N–H and O–H groups in total. The smallest absolute Gasteiger partial charge is 0.143 e. The van der Waals surface area contributed by atoms with E-state index >= 15 is 0 Å². The fourth-order valence-corrected chi connectivity index (χ4v) is 0.937. The summed E-state index contributed by atoms with van der Waals surface area (Å²) < 4.78 is 4.95. The standard InChI is InChI=1S/C6H9ClN2O/c1-10-5-4-9-3-2-6(5,7)8/h2-5H,8H2,1H3. The van der Waals surface area contributed by atoms with Gasteiger partial charge in [0.25, 0.3) is 0 Å². The first-order valence-electron chi connectivity index (χ1n) is 2.88. The van der Waals surface area contributed by atoms with Crippen LogP contribution in [0.1, 0.15) is 0 Å². The van der Waals surface area contributed by atoms with Gasteiger partial charge in [-0.25, -0.2) is 0 Å². The van der Waals surface area contributed by atoms with Gasteiger partial charge in [-0.15, -0.1) is 0 Å². The summed E-state index contributed by atoms with van der Waals surface area (Å²) in [6, 6.07) is 0. The van der Waals surface area contributed by atoms with E-state index in [1.807, 2.05) is 0 Å². The Hall–Kier alpha value is -0.380. The first kappa shape index (κ1) is 7.72. The van der Waals surface area contributed by atoms with Crippen molar-refractivity contribution in [2.24, 2.45) is 10.7 Å². The van der Waals surface area contributed by atoms with Gasteiger partial charge in [-0.3, -0.25) is 4.99 Å². The number of ether oxygens (including phenoxy) is 1. The highest BCUT2D eigenvalue weighted by molar-refractivity contribution is 6.26. The van der Waals surface area contributed by atoms with Crippen LogP contribution in [0.5, 0.6) is 0 Å². The number of hydrogen-bond donors (Lipinski definition) is 1. The first-order valence-corrected chi connectivity index (χ1v) is 3.26. The Bertz CT molecular complexity index is 177. The molecule has 0 amide bonds. The van der Waals surface area contributed by atoms with Gasteiger partial charge in [-0.1, -0.05) is 11.6 Å². The zero-order valence-electron chi connectivity index (χ0n) is 5.62. The minimum absolute atomic E-state index is 0.334. The molecule has 10 heavy (non-hydrogen) atoms. The number of nitrogens with two attached hydrogens (primary N) is 1. The van der Waals surface area contributed by atoms with Crippen LogP contribution in [-0.4, -0.2) is 24.4 Å². The largest absolute Gasteiger partial charge is 0.372 e. The van der Waals surface area contributed by atoms with Crippen LogP contribution in [0.3, 0.4) is 0 Å². The number of hydrogen-bond acceptors (Lipinski definition) is 3. The molecular weight excluding hydrogens is 152 g/mol. The Morgan fingerprint density at radius 3 is 2.90 bits per heavy atom. The Morgan fingerprint density at radius 1 is 1.80 bits per heavy atom. The summed E-state index contributed by atoms with van der Waals surface area (Å²) in [4.78, 5) is 2.90. The second-order valence-corrected chi connectivity index (χ2v) is 2.75. The van der Waals surface area contributed by atoms with E-state index in [9.17, 15) is 0 Å². The summed E-state index contributed by atoms with van der Waals surface area (Å²) in [7, 11) is 1.54. The Morgan fingerprint density at radius 2 is 2.50 bits per heavy atom. The molecule has 1 aliphatic heterocycles. The van der Waals surface area contributed by atoms with E-state index in [0.29, 0.717) is 0 Å². The molecule has 3 nitrogen and oxygen atoms in total. The molecule has 1 rings (SSSR count). The number of halogens is 1. The average Bonchev–Trinajstić information content (AvgIpc) is 1.87. The third-order valence-corrected chi connectivity index (χ3v) is 1.67. The highest BCUT2D eigenvalue weighted by atomic mass is 35.5. The molecule has 0 saturated heterocycles. The van der Waals surface area contributed by atoms with Gasteiger partial charge in [0.2, 0.25) is 0 Å². The lowest BCUT2D eigenvalue weighted by Crippen LogP contribution is -2.46. The number of rotatable bonds is 1. The van der Waals surface area contributed by atoms with Crippen LogP contribution >= 0.6 is 11.6 Å². The zero-order chi connectivity index (χ0) is 7.61. The van der Waals surface area contributed by atoms with Gasteiger partial charge in [-0.05, 0) is 6.08 Å². The molecule has 2 atom stereocenters. The predicted molar refractivity (Wildman–Crippen MR) is 41.2 cm³/mol. The van der Waals surface area contributed by atoms with Crippen molar-refractivity contribution in [3.8, 4) is 0 Å². The third kappa shape index (κ3) is 1.37. The lowest BCUT2D eigenvalue weighted by atomic mass is 10.1. The fraction of sp³-hybridized carbons (Fsp3) is 0.500. The third-order valence-electron chi connectivity index (χ3n) is 1.33. The molecule has 4 heteroatoms. The van der Waals surface area contributed by atoms with Crippen molar-refractivity contribution >= 4 is 17.8 Å². The first-order chi connectivity index (χ1) is 4.67. The minimum atomic E-state index is -0.934. The lowest BCUT2D eigenvalue weighted by molar-refractivity contribution is 0.136. The fourth-order valence-electron chi connectivity index (χ4n) is 0.736. The maximum atomic E-state index is 5.81. The molecule has 0 aromatic carbocycles. The molecular formula is C6H9ClN2O. The highest BCUT2D eigenvalue weighted by Gasteiger charge is 2.30. The van der Waals surface area contributed by atoms with E-state index < -0.39 is 5.00 Å². The van der Waals surface area contributed by atoms with Gasteiger partial charge in [0.05, 0.1) is 0 Å². The number of aliphatic imine (C=N–C) groups is 1. The van der Waals surface area contributed by atoms with Crippen molar-refractivity contribution in [3.63, 3.8) is 0 Å². The molecule has 56 valence electrons. The van der Waals surface area contributed by atoms with Crippen molar-refractivity contribution < 1.29 is 4.74 Å². The van der Waals surface area contributed by atoms with Crippen LogP contribution in [0, 0.1) is 0 Å². The molecule has 0 bridgehead atoms. The molecule has 1 aliphatic rings. The summed E-state index contributed by atoms with van der Waals surface area (Å²) in [5, 5.41) is 0. The van der Waals surface area contributed by atoms with Gasteiger partial charge in [0.15, 0.2) is 0 Å². The zero-order valence-corrected chi connectivity index (χ0v) is 6.38. The topological polar surface area (TPSA) is 47.6 Å². The molecule has 0 aromatic rings. The molecule has 0 aliphatic carbocycles. The van der Waals surface area contributed by atoms with E-state index in [0.717, 1.165) is 0 Å². The van der Waals surface area contributed by atoms with Crippen LogP contribution in [0.15, 0.2) is 17.3 Å². The monoisotopic (exact) mass is 160 g/mol. The van der Waals surface area contributed by atoms with Crippen molar-refractivity contribution in [3.05, 3.63) is 12.3 Å². The van der Waals surface area contributed by atoms with E-state index in [1.165, 1.54) is 0 Å². The Balaban J connectivity index is 2.74. The summed E-state index contributed by atoms with van der Waals surface area (Å²) in [6.45, 7) is 0. The van der Waals surface area contributed by atoms with Crippen LogP contribution in [0.4, 0.5) is 0 Å². The molecule has 2 unspecified atom stereocenters. The second kappa shape index (κ2) is 2.70. The van der Waals surface area contributed by atoms with E-state index in [-0.39, 0.29) is 6.10 Å². The predicted octanol–water partition coefficient (Wildman–Crippen LogP) is 0.493. The number of alkyl halides is 1. The number of nitrogens with zero attached hydrogens (tertiary/aromatic N) is 1. The van der Waals surface area contributed by atoms with E-state index in [1.54, 1.807) is 25.6 Å². The van der Waals surface area contributed by atoms with Crippen molar-refractivity contribution in [1.82, 2.24) is 0 Å². The van der Waals surface area contributed by atoms with Gasteiger partial charge in [0.1, 0.15) is 11.1 Å². The average molecular weight is 161 g/mol. The Kier molecular flexibility index (Phi) is 2.08. The summed E-state index contributed by atoms with van der Waals surface area (Å²) >= 11 is 5.81. The highest BCUT2D eigenvalue weighted by Crippen LogP contribution is 2.18. The number of methoxy groups -OCH3 is 1. The lowest BCUT2D eigenvalue weighted by Gasteiger charge is -2.26. The molecule has 0 saturated carbocycles. The molecule has 0 radical (unpaired) electrons. The van der Waals surface area contributed by atoms with Gasteiger partial charge in [-0.2, -0.15) is 0 Å². The normalized spacial score (nSPS) is 38.5. The van der Waals surface area contributed by atoms with Crippen molar-refractivity contribution in [2.45, 2.75) is 11.1 Å².